The van der Waals surface area contributed by atoms with Crippen molar-refractivity contribution in [2.45, 2.75) is 6.42 Å². The second-order valence-corrected chi connectivity index (χ2v) is 3.94. The van der Waals surface area contributed by atoms with Crippen LogP contribution in [0.25, 0.3) is 10.7 Å². The summed E-state index contributed by atoms with van der Waals surface area (Å²) in [5.74, 6) is 0. The summed E-state index contributed by atoms with van der Waals surface area (Å²) in [5, 5.41) is 6.31. The van der Waals surface area contributed by atoms with Gasteiger partial charge in [-0.2, -0.15) is 0 Å². The molecule has 0 atom stereocenters. The van der Waals surface area contributed by atoms with E-state index in [-0.39, 0.29) is 0 Å². The van der Waals surface area contributed by atoms with Crippen molar-refractivity contribution < 1.29 is 0 Å². The molecule has 2 aromatic rings. The summed E-state index contributed by atoms with van der Waals surface area (Å²) in [4.78, 5) is 7.69. The number of H-pyrrole nitrogens is 1. The number of hydrogen-bond acceptors (Lipinski definition) is 3. The molecule has 0 fully saturated rings. The minimum Gasteiger partial charge on any atom is -0.359 e. The van der Waals surface area contributed by atoms with Gasteiger partial charge in [0, 0.05) is 24.5 Å². The van der Waals surface area contributed by atoms with Crippen molar-refractivity contribution in [2.24, 2.45) is 0 Å². The Hall–Kier alpha value is -1.13. The van der Waals surface area contributed by atoms with E-state index in [2.05, 4.69) is 20.7 Å². The number of aromatic nitrogens is 2. The predicted molar refractivity (Wildman–Crippen MR) is 59.5 cm³/mol. The fourth-order valence-corrected chi connectivity index (χ4v) is 2.10. The van der Waals surface area contributed by atoms with Gasteiger partial charge in [-0.3, -0.25) is 0 Å². The van der Waals surface area contributed by atoms with Gasteiger partial charge in [-0.05, 0) is 19.2 Å². The lowest BCUT2D eigenvalue weighted by Gasteiger charge is -1.93. The van der Waals surface area contributed by atoms with Gasteiger partial charge >= 0.3 is 0 Å². The molecule has 0 aliphatic heterocycles. The highest BCUT2D eigenvalue weighted by atomic mass is 32.1. The zero-order valence-electron chi connectivity index (χ0n) is 8.08. The van der Waals surface area contributed by atoms with Gasteiger partial charge in [-0.15, -0.1) is 11.3 Å². The fraction of sp³-hybridized carbons (Fsp3) is 0.300. The number of rotatable bonds is 4. The van der Waals surface area contributed by atoms with Crippen LogP contribution in [-0.4, -0.2) is 23.6 Å². The summed E-state index contributed by atoms with van der Waals surface area (Å²) in [7, 11) is 1.96. The SMILES string of the molecule is CNCCc1csc(-c2ccc[nH]2)n1. The van der Waals surface area contributed by atoms with Crippen molar-refractivity contribution in [3.05, 3.63) is 29.4 Å². The Morgan fingerprint density at radius 2 is 2.50 bits per heavy atom. The van der Waals surface area contributed by atoms with E-state index in [1.807, 2.05) is 25.4 Å². The molecule has 0 amide bonds. The summed E-state index contributed by atoms with van der Waals surface area (Å²) in [6.45, 7) is 0.980. The highest BCUT2D eigenvalue weighted by Crippen LogP contribution is 2.21. The van der Waals surface area contributed by atoms with Gasteiger partial charge in [0.25, 0.3) is 0 Å². The summed E-state index contributed by atoms with van der Waals surface area (Å²) in [5.41, 5.74) is 2.26. The molecule has 0 aliphatic rings. The third-order valence-electron chi connectivity index (χ3n) is 2.01. The first-order valence-electron chi connectivity index (χ1n) is 4.63. The van der Waals surface area contributed by atoms with E-state index in [1.165, 1.54) is 0 Å². The number of thiazole rings is 1. The lowest BCUT2D eigenvalue weighted by molar-refractivity contribution is 0.780. The molecule has 3 nitrogen and oxygen atoms in total. The first-order chi connectivity index (χ1) is 6.90. The molecule has 74 valence electrons. The number of aromatic amines is 1. The summed E-state index contributed by atoms with van der Waals surface area (Å²) >= 11 is 1.69. The van der Waals surface area contributed by atoms with E-state index in [9.17, 15) is 0 Å². The van der Waals surface area contributed by atoms with Crippen molar-refractivity contribution in [2.75, 3.05) is 13.6 Å². The molecular weight excluding hydrogens is 194 g/mol. The van der Waals surface area contributed by atoms with Gasteiger partial charge in [0.1, 0.15) is 5.01 Å². The Balaban J connectivity index is 2.10. The number of hydrogen-bond donors (Lipinski definition) is 2. The molecule has 14 heavy (non-hydrogen) atoms. The average Bonchev–Trinajstić information content (AvgIpc) is 2.85. The van der Waals surface area contributed by atoms with Gasteiger partial charge in [-0.1, -0.05) is 0 Å². The van der Waals surface area contributed by atoms with E-state index in [1.54, 1.807) is 11.3 Å². The molecule has 2 N–H and O–H groups in total. The van der Waals surface area contributed by atoms with Crippen LogP contribution in [0.4, 0.5) is 0 Å². The smallest absolute Gasteiger partial charge is 0.139 e. The number of nitrogens with one attached hydrogen (secondary N) is 2. The standard InChI is InChI=1S/C10H13N3S/c1-11-6-4-8-7-14-10(13-8)9-3-2-5-12-9/h2-3,5,7,11-12H,4,6H2,1H3. The van der Waals surface area contributed by atoms with Crippen LogP contribution in [0.3, 0.4) is 0 Å². The monoisotopic (exact) mass is 207 g/mol. The van der Waals surface area contributed by atoms with Crippen LogP contribution in [0, 0.1) is 0 Å². The highest BCUT2D eigenvalue weighted by Gasteiger charge is 2.03. The second kappa shape index (κ2) is 4.39. The zero-order valence-corrected chi connectivity index (χ0v) is 8.90. The normalized spacial score (nSPS) is 10.6. The molecule has 2 heterocycles. The molecule has 4 heteroatoms. The summed E-state index contributed by atoms with van der Waals surface area (Å²) < 4.78 is 0. The molecule has 0 aromatic carbocycles. The van der Waals surface area contributed by atoms with Crippen molar-refractivity contribution in [3.8, 4) is 10.7 Å². The molecule has 0 aliphatic carbocycles. The van der Waals surface area contributed by atoms with E-state index >= 15 is 0 Å². The van der Waals surface area contributed by atoms with Gasteiger partial charge in [-0.25, -0.2) is 4.98 Å². The van der Waals surface area contributed by atoms with Crippen LogP contribution >= 0.6 is 11.3 Å². The molecule has 0 spiro atoms. The summed E-state index contributed by atoms with van der Waals surface area (Å²) in [6, 6.07) is 4.03. The van der Waals surface area contributed by atoms with Crippen LogP contribution in [-0.2, 0) is 6.42 Å². The Bertz CT molecular complexity index is 378. The van der Waals surface area contributed by atoms with E-state index in [0.717, 1.165) is 29.4 Å². The quantitative estimate of drug-likeness (QED) is 0.804. The van der Waals surface area contributed by atoms with Crippen molar-refractivity contribution in [1.82, 2.24) is 15.3 Å². The zero-order chi connectivity index (χ0) is 9.80. The maximum Gasteiger partial charge on any atom is 0.139 e. The Kier molecular flexibility index (Phi) is 2.96. The molecule has 2 rings (SSSR count). The molecule has 0 saturated carbocycles. The molecule has 0 saturated heterocycles. The molecule has 0 unspecified atom stereocenters. The first kappa shape index (κ1) is 9.43. The van der Waals surface area contributed by atoms with E-state index in [0.29, 0.717) is 0 Å². The highest BCUT2D eigenvalue weighted by molar-refractivity contribution is 7.13. The minimum atomic E-state index is 0.980. The topological polar surface area (TPSA) is 40.7 Å². The lowest BCUT2D eigenvalue weighted by Crippen LogP contribution is -2.10. The van der Waals surface area contributed by atoms with Crippen LogP contribution in [0.2, 0.25) is 0 Å². The Labute approximate surface area is 87.2 Å². The first-order valence-corrected chi connectivity index (χ1v) is 5.51. The minimum absolute atomic E-state index is 0.980. The molecule has 0 radical (unpaired) electrons. The maximum absolute atomic E-state index is 4.54. The number of nitrogens with zero attached hydrogens (tertiary/aromatic N) is 1. The Morgan fingerprint density at radius 3 is 3.21 bits per heavy atom. The van der Waals surface area contributed by atoms with E-state index < -0.39 is 0 Å². The predicted octanol–water partition coefficient (Wildman–Crippen LogP) is 1.90. The van der Waals surface area contributed by atoms with Crippen LogP contribution in [0.15, 0.2) is 23.7 Å². The van der Waals surface area contributed by atoms with Crippen molar-refractivity contribution >= 4 is 11.3 Å². The molecule has 0 bridgehead atoms. The third kappa shape index (κ3) is 2.02. The second-order valence-electron chi connectivity index (χ2n) is 3.08. The average molecular weight is 207 g/mol. The van der Waals surface area contributed by atoms with Gasteiger partial charge < -0.3 is 10.3 Å². The van der Waals surface area contributed by atoms with Gasteiger partial charge in [0.05, 0.1) is 11.4 Å². The lowest BCUT2D eigenvalue weighted by atomic mass is 10.3. The van der Waals surface area contributed by atoms with Crippen LogP contribution in [0.1, 0.15) is 5.69 Å². The fourth-order valence-electron chi connectivity index (χ4n) is 1.26. The third-order valence-corrected chi connectivity index (χ3v) is 2.94. The summed E-state index contributed by atoms with van der Waals surface area (Å²) in [6.07, 6.45) is 2.91. The van der Waals surface area contributed by atoms with Crippen LogP contribution < -0.4 is 5.32 Å². The molecular formula is C10H13N3S. The Morgan fingerprint density at radius 1 is 1.57 bits per heavy atom. The van der Waals surface area contributed by atoms with Crippen LogP contribution in [0.5, 0.6) is 0 Å². The van der Waals surface area contributed by atoms with E-state index in [4.69, 9.17) is 0 Å². The van der Waals surface area contributed by atoms with Crippen molar-refractivity contribution in [3.63, 3.8) is 0 Å². The molecule has 2 aromatic heterocycles. The maximum atomic E-state index is 4.54. The van der Waals surface area contributed by atoms with Crippen molar-refractivity contribution in [1.29, 1.82) is 0 Å². The number of likely N-dealkylation sites (N-methyl/N-ethyl adjacent to an activating group) is 1. The van der Waals surface area contributed by atoms with Gasteiger partial charge in [0.2, 0.25) is 0 Å². The van der Waals surface area contributed by atoms with Gasteiger partial charge in [0.15, 0.2) is 0 Å². The largest absolute Gasteiger partial charge is 0.359 e.